The molecule has 4 rings (SSSR count). The van der Waals surface area contributed by atoms with Crippen LogP contribution in [0.1, 0.15) is 24.2 Å². The molecule has 26 heavy (non-hydrogen) atoms. The predicted octanol–water partition coefficient (Wildman–Crippen LogP) is 6.32. The highest BCUT2D eigenvalue weighted by molar-refractivity contribution is 7.98. The van der Waals surface area contributed by atoms with Gasteiger partial charge in [0.25, 0.3) is 0 Å². The van der Waals surface area contributed by atoms with Crippen LogP contribution in [0.5, 0.6) is 0 Å². The van der Waals surface area contributed by atoms with E-state index in [1.807, 2.05) is 31.4 Å². The van der Waals surface area contributed by atoms with Gasteiger partial charge >= 0.3 is 0 Å². The zero-order valence-electron chi connectivity index (χ0n) is 14.4. The van der Waals surface area contributed by atoms with Crippen molar-refractivity contribution in [2.24, 2.45) is 0 Å². The summed E-state index contributed by atoms with van der Waals surface area (Å²) < 4.78 is 33.5. The average molecular weight is 392 g/mol. The van der Waals surface area contributed by atoms with Crippen LogP contribution in [0.25, 0.3) is 22.2 Å². The molecule has 0 amide bonds. The topological polar surface area (TPSA) is 25.4 Å². The minimum atomic E-state index is -0.703. The van der Waals surface area contributed by atoms with E-state index >= 15 is 0 Å². The molecule has 1 aromatic heterocycles. The van der Waals surface area contributed by atoms with Crippen LogP contribution in [0.4, 0.5) is 8.78 Å². The quantitative estimate of drug-likeness (QED) is 0.385. The number of fused-ring (bicyclic) bond motifs is 1. The van der Waals surface area contributed by atoms with Crippen molar-refractivity contribution in [3.05, 3.63) is 58.1 Å². The summed E-state index contributed by atoms with van der Waals surface area (Å²) in [6, 6.07) is 8.14. The lowest BCUT2D eigenvalue weighted by Crippen LogP contribution is -1.97. The molecule has 2 atom stereocenters. The van der Waals surface area contributed by atoms with Gasteiger partial charge in [0.1, 0.15) is 17.7 Å². The fourth-order valence-electron chi connectivity index (χ4n) is 3.25. The first kappa shape index (κ1) is 17.7. The molecule has 0 radical (unpaired) electrons. The molecule has 0 saturated carbocycles. The summed E-state index contributed by atoms with van der Waals surface area (Å²) in [7, 11) is 0. The van der Waals surface area contributed by atoms with Gasteiger partial charge in [-0.25, -0.2) is 13.8 Å². The zero-order valence-corrected chi connectivity index (χ0v) is 16.0. The van der Waals surface area contributed by atoms with Crippen LogP contribution in [0, 0.1) is 18.6 Å². The maximum atomic E-state index is 14.2. The molecule has 1 aliphatic heterocycles. The van der Waals surface area contributed by atoms with E-state index in [-0.39, 0.29) is 28.1 Å². The number of aromatic nitrogens is 1. The molecular weight excluding hydrogens is 376 g/mol. The standard InChI is InChI=1S/C20H16ClF2NOS/c1-9-18(21)17-14(23)7-12(22)8-15(17)24-19(9)13-6-11(20-10(2)25-20)4-5-16(13)26-3/h4-8,10,20H,1-3H3. The fraction of sp³-hybridized carbons (Fsp3) is 0.250. The monoisotopic (exact) mass is 391 g/mol. The van der Waals surface area contributed by atoms with Gasteiger partial charge in [0.05, 0.1) is 27.7 Å². The number of hydrogen-bond donors (Lipinski definition) is 0. The Labute approximate surface area is 159 Å². The average Bonchev–Trinajstić information content (AvgIpc) is 3.33. The molecule has 6 heteroatoms. The summed E-state index contributed by atoms with van der Waals surface area (Å²) in [6.07, 6.45) is 2.25. The smallest absolute Gasteiger partial charge is 0.137 e. The second kappa shape index (κ2) is 6.48. The Morgan fingerprint density at radius 3 is 2.58 bits per heavy atom. The van der Waals surface area contributed by atoms with Crippen LogP contribution in [0.2, 0.25) is 5.02 Å². The number of ether oxygens (including phenoxy) is 1. The van der Waals surface area contributed by atoms with Gasteiger partial charge in [-0.2, -0.15) is 0 Å². The molecule has 2 unspecified atom stereocenters. The Bertz CT molecular complexity index is 1040. The molecule has 2 nitrogen and oxygen atoms in total. The second-order valence-corrected chi connectivity index (χ2v) is 7.63. The zero-order chi connectivity index (χ0) is 18.6. The van der Waals surface area contributed by atoms with E-state index in [2.05, 4.69) is 4.98 Å². The van der Waals surface area contributed by atoms with Crippen LogP contribution >= 0.6 is 23.4 Å². The number of rotatable bonds is 3. The molecule has 1 saturated heterocycles. The second-order valence-electron chi connectivity index (χ2n) is 6.40. The van der Waals surface area contributed by atoms with Gasteiger partial charge in [0, 0.05) is 22.6 Å². The molecule has 0 aliphatic carbocycles. The van der Waals surface area contributed by atoms with Gasteiger partial charge in [0.15, 0.2) is 0 Å². The van der Waals surface area contributed by atoms with Gasteiger partial charge in [-0.1, -0.05) is 17.7 Å². The van der Waals surface area contributed by atoms with Crippen molar-refractivity contribution >= 4 is 34.3 Å². The number of pyridine rings is 1. The molecule has 0 spiro atoms. The number of halogens is 3. The summed E-state index contributed by atoms with van der Waals surface area (Å²) in [5, 5.41) is 0.409. The van der Waals surface area contributed by atoms with Gasteiger partial charge in [0.2, 0.25) is 0 Å². The van der Waals surface area contributed by atoms with E-state index in [1.165, 1.54) is 6.07 Å². The van der Waals surface area contributed by atoms with Gasteiger partial charge < -0.3 is 4.74 Å². The molecule has 3 aromatic rings. The summed E-state index contributed by atoms with van der Waals surface area (Å²) in [5.74, 6) is -1.38. The molecule has 1 fully saturated rings. The molecule has 0 bridgehead atoms. The van der Waals surface area contributed by atoms with E-state index in [0.717, 1.165) is 22.1 Å². The van der Waals surface area contributed by atoms with Gasteiger partial charge in [-0.05, 0) is 43.4 Å². The number of hydrogen-bond acceptors (Lipinski definition) is 3. The summed E-state index contributed by atoms with van der Waals surface area (Å²) in [4.78, 5) is 5.58. The fourth-order valence-corrected chi connectivity index (χ4v) is 4.10. The van der Waals surface area contributed by atoms with Crippen LogP contribution in [-0.2, 0) is 4.74 Å². The third-order valence-electron chi connectivity index (χ3n) is 4.69. The molecular formula is C20H16ClF2NOS. The molecule has 2 heterocycles. The minimum absolute atomic E-state index is 0.0794. The number of nitrogens with zero attached hydrogens (tertiary/aromatic N) is 1. The first-order valence-corrected chi connectivity index (χ1v) is 9.79. The lowest BCUT2D eigenvalue weighted by atomic mass is 10.00. The summed E-state index contributed by atoms with van der Waals surface area (Å²) in [6.45, 7) is 3.83. The van der Waals surface area contributed by atoms with Crippen LogP contribution in [-0.4, -0.2) is 17.3 Å². The summed E-state index contributed by atoms with van der Waals surface area (Å²) in [5.41, 5.74) is 3.47. The Balaban J connectivity index is 1.98. The van der Waals surface area contributed by atoms with Crippen LogP contribution in [0.15, 0.2) is 35.2 Å². The Kier molecular flexibility index (Phi) is 4.41. The normalized spacial score (nSPS) is 19.2. The maximum absolute atomic E-state index is 14.2. The van der Waals surface area contributed by atoms with E-state index in [0.29, 0.717) is 11.3 Å². The van der Waals surface area contributed by atoms with Crippen molar-refractivity contribution in [2.75, 3.05) is 6.26 Å². The Hall–Kier alpha value is -1.69. The maximum Gasteiger partial charge on any atom is 0.137 e. The van der Waals surface area contributed by atoms with Crippen LogP contribution in [0.3, 0.4) is 0 Å². The molecule has 0 N–H and O–H groups in total. The highest BCUT2D eigenvalue weighted by Gasteiger charge is 2.36. The van der Waals surface area contributed by atoms with E-state index < -0.39 is 11.6 Å². The third kappa shape index (κ3) is 2.88. The third-order valence-corrected chi connectivity index (χ3v) is 5.96. The van der Waals surface area contributed by atoms with Gasteiger partial charge in [-0.15, -0.1) is 11.8 Å². The van der Waals surface area contributed by atoms with E-state index in [1.54, 1.807) is 18.7 Å². The molecule has 134 valence electrons. The van der Waals surface area contributed by atoms with Crippen molar-refractivity contribution in [3.63, 3.8) is 0 Å². The van der Waals surface area contributed by atoms with Crippen molar-refractivity contribution in [2.45, 2.75) is 31.0 Å². The van der Waals surface area contributed by atoms with Gasteiger partial charge in [-0.3, -0.25) is 0 Å². The van der Waals surface area contributed by atoms with E-state index in [9.17, 15) is 8.78 Å². The van der Waals surface area contributed by atoms with Crippen molar-refractivity contribution in [3.8, 4) is 11.3 Å². The number of epoxide rings is 1. The van der Waals surface area contributed by atoms with Crippen molar-refractivity contribution < 1.29 is 13.5 Å². The summed E-state index contributed by atoms with van der Waals surface area (Å²) >= 11 is 8.02. The SMILES string of the molecule is CSc1ccc(C2OC2C)cc1-c1nc2cc(F)cc(F)c2c(Cl)c1C. The first-order valence-electron chi connectivity index (χ1n) is 8.19. The van der Waals surface area contributed by atoms with Crippen molar-refractivity contribution in [1.82, 2.24) is 4.98 Å². The predicted molar refractivity (Wildman–Crippen MR) is 102 cm³/mol. The highest BCUT2D eigenvalue weighted by Crippen LogP contribution is 2.43. The molecule has 1 aliphatic rings. The molecule has 2 aromatic carbocycles. The van der Waals surface area contributed by atoms with E-state index in [4.69, 9.17) is 16.3 Å². The Morgan fingerprint density at radius 2 is 1.92 bits per heavy atom. The van der Waals surface area contributed by atoms with Crippen LogP contribution < -0.4 is 0 Å². The number of thioether (sulfide) groups is 1. The lowest BCUT2D eigenvalue weighted by molar-refractivity contribution is 0.383. The number of benzene rings is 2. The highest BCUT2D eigenvalue weighted by atomic mass is 35.5. The minimum Gasteiger partial charge on any atom is -0.365 e. The first-order chi connectivity index (χ1) is 12.4. The lowest BCUT2D eigenvalue weighted by Gasteiger charge is -2.14. The van der Waals surface area contributed by atoms with Crippen molar-refractivity contribution in [1.29, 1.82) is 0 Å². The Morgan fingerprint density at radius 1 is 1.19 bits per heavy atom. The largest absolute Gasteiger partial charge is 0.365 e.